The first-order valence-corrected chi connectivity index (χ1v) is 12.2. The minimum Gasteiger partial charge on any atom is -0.507 e. The summed E-state index contributed by atoms with van der Waals surface area (Å²) in [6, 6.07) is 21.3. The zero-order chi connectivity index (χ0) is 26.4. The van der Waals surface area contributed by atoms with Crippen LogP contribution < -0.4 is 9.47 Å². The van der Waals surface area contributed by atoms with Crippen LogP contribution in [0, 0.1) is 6.92 Å². The first-order valence-electron chi connectivity index (χ1n) is 12.2. The minimum atomic E-state index is -0.747. The Bertz CT molecular complexity index is 1280. The Labute approximate surface area is 216 Å². The Morgan fingerprint density at radius 1 is 0.946 bits per heavy atom. The molecule has 1 atom stereocenters. The molecule has 7 heteroatoms. The van der Waals surface area contributed by atoms with Gasteiger partial charge in [-0.25, -0.2) is 0 Å². The molecular weight excluding hydrogens is 470 g/mol. The van der Waals surface area contributed by atoms with Crippen LogP contribution in [-0.4, -0.2) is 48.6 Å². The topological polar surface area (TPSA) is 85.3 Å². The number of benzene rings is 3. The molecule has 0 aromatic heterocycles. The summed E-state index contributed by atoms with van der Waals surface area (Å²) in [7, 11) is 1.53. The summed E-state index contributed by atoms with van der Waals surface area (Å²) in [6.07, 6.45) is 0. The SMILES string of the molecule is CCOc1ccc(C2/C(=C(/O)c3ccc(OCc4cccc(C)c4)cc3)C(=O)C(=O)N2CCOC)cc1. The Balaban J connectivity index is 1.63. The van der Waals surface area contributed by atoms with E-state index in [9.17, 15) is 14.7 Å². The minimum absolute atomic E-state index is 0.0405. The summed E-state index contributed by atoms with van der Waals surface area (Å²) >= 11 is 0. The molecule has 0 aliphatic carbocycles. The van der Waals surface area contributed by atoms with Crippen LogP contribution in [0.5, 0.6) is 11.5 Å². The first kappa shape index (κ1) is 26.0. The molecule has 1 aliphatic rings. The number of nitrogens with zero attached hydrogens (tertiary/aromatic N) is 1. The van der Waals surface area contributed by atoms with E-state index in [4.69, 9.17) is 14.2 Å². The van der Waals surface area contributed by atoms with Gasteiger partial charge >= 0.3 is 0 Å². The largest absolute Gasteiger partial charge is 0.507 e. The smallest absolute Gasteiger partial charge is 0.295 e. The van der Waals surface area contributed by atoms with Crippen molar-refractivity contribution in [2.45, 2.75) is 26.5 Å². The number of hydrogen-bond donors (Lipinski definition) is 1. The summed E-state index contributed by atoms with van der Waals surface area (Å²) < 4.78 is 16.6. The van der Waals surface area contributed by atoms with Gasteiger partial charge in [-0.2, -0.15) is 0 Å². The van der Waals surface area contributed by atoms with Crippen molar-refractivity contribution in [2.75, 3.05) is 26.9 Å². The predicted molar refractivity (Wildman–Crippen MR) is 140 cm³/mol. The average molecular weight is 502 g/mol. The van der Waals surface area contributed by atoms with Crippen LogP contribution in [0.1, 0.15) is 35.2 Å². The number of hydrogen-bond acceptors (Lipinski definition) is 6. The second kappa shape index (κ2) is 11.8. The zero-order valence-corrected chi connectivity index (χ0v) is 21.3. The first-order chi connectivity index (χ1) is 17.9. The van der Waals surface area contributed by atoms with Gasteiger partial charge in [-0.15, -0.1) is 0 Å². The van der Waals surface area contributed by atoms with Crippen LogP contribution in [-0.2, 0) is 20.9 Å². The second-order valence-electron chi connectivity index (χ2n) is 8.79. The lowest BCUT2D eigenvalue weighted by atomic mass is 9.95. The zero-order valence-electron chi connectivity index (χ0n) is 21.3. The molecule has 37 heavy (non-hydrogen) atoms. The van der Waals surface area contributed by atoms with E-state index in [-0.39, 0.29) is 24.5 Å². The number of carbonyl (C=O) groups is 2. The number of ether oxygens (including phenoxy) is 3. The maximum Gasteiger partial charge on any atom is 0.295 e. The molecule has 0 radical (unpaired) electrons. The highest BCUT2D eigenvalue weighted by Crippen LogP contribution is 2.39. The highest BCUT2D eigenvalue weighted by atomic mass is 16.5. The highest BCUT2D eigenvalue weighted by molar-refractivity contribution is 6.46. The van der Waals surface area contributed by atoms with Gasteiger partial charge in [-0.05, 0) is 61.4 Å². The lowest BCUT2D eigenvalue weighted by molar-refractivity contribution is -0.140. The predicted octanol–water partition coefficient (Wildman–Crippen LogP) is 5.04. The number of rotatable bonds is 10. The molecule has 7 nitrogen and oxygen atoms in total. The number of ketones is 1. The third kappa shape index (κ3) is 5.84. The molecule has 0 bridgehead atoms. The number of likely N-dealkylation sites (tertiary alicyclic amines) is 1. The molecule has 192 valence electrons. The summed E-state index contributed by atoms with van der Waals surface area (Å²) in [6.45, 7) is 5.33. The van der Waals surface area contributed by atoms with Crippen LogP contribution in [0.25, 0.3) is 5.76 Å². The molecule has 3 aromatic carbocycles. The van der Waals surface area contributed by atoms with E-state index in [0.717, 1.165) is 11.1 Å². The molecule has 3 aromatic rings. The fourth-order valence-electron chi connectivity index (χ4n) is 4.39. The second-order valence-corrected chi connectivity index (χ2v) is 8.79. The molecule has 0 saturated carbocycles. The number of amides is 1. The number of Topliss-reactive ketones (excluding diaryl/α,β-unsaturated/α-hetero) is 1. The van der Waals surface area contributed by atoms with Gasteiger partial charge in [-0.1, -0.05) is 42.0 Å². The van der Waals surface area contributed by atoms with Crippen molar-refractivity contribution in [1.29, 1.82) is 0 Å². The molecule has 4 rings (SSSR count). The van der Waals surface area contributed by atoms with Crippen molar-refractivity contribution in [1.82, 2.24) is 4.90 Å². The molecule has 1 unspecified atom stereocenters. The van der Waals surface area contributed by atoms with Crippen molar-refractivity contribution in [2.24, 2.45) is 0 Å². The van der Waals surface area contributed by atoms with Crippen molar-refractivity contribution in [3.05, 3.63) is 101 Å². The number of carbonyl (C=O) groups excluding carboxylic acids is 2. The maximum absolute atomic E-state index is 13.1. The number of methoxy groups -OCH3 is 1. The van der Waals surface area contributed by atoms with Gasteiger partial charge in [0.15, 0.2) is 0 Å². The van der Waals surface area contributed by atoms with Crippen molar-refractivity contribution < 1.29 is 28.9 Å². The number of aryl methyl sites for hydroxylation is 1. The van der Waals surface area contributed by atoms with Crippen LogP contribution in [0.2, 0.25) is 0 Å². The fraction of sp³-hybridized carbons (Fsp3) is 0.267. The highest BCUT2D eigenvalue weighted by Gasteiger charge is 2.45. The van der Waals surface area contributed by atoms with Crippen molar-refractivity contribution in [3.8, 4) is 11.5 Å². The molecule has 1 heterocycles. The monoisotopic (exact) mass is 501 g/mol. The number of aliphatic hydroxyl groups excluding tert-OH is 1. The quantitative estimate of drug-likeness (QED) is 0.238. The van der Waals surface area contributed by atoms with Crippen LogP contribution in [0.4, 0.5) is 0 Å². The summed E-state index contributed by atoms with van der Waals surface area (Å²) in [5.41, 5.74) is 3.37. The van der Waals surface area contributed by atoms with Gasteiger partial charge in [0.1, 0.15) is 23.9 Å². The van der Waals surface area contributed by atoms with Crippen molar-refractivity contribution in [3.63, 3.8) is 0 Å². The molecule has 1 amide bonds. The summed E-state index contributed by atoms with van der Waals surface area (Å²) in [4.78, 5) is 27.5. The molecule has 1 N–H and O–H groups in total. The van der Waals surface area contributed by atoms with E-state index in [0.29, 0.717) is 35.8 Å². The summed E-state index contributed by atoms with van der Waals surface area (Å²) in [5.74, 6) is -0.326. The van der Waals surface area contributed by atoms with Gasteiger partial charge in [0.25, 0.3) is 11.7 Å². The lowest BCUT2D eigenvalue weighted by Gasteiger charge is -2.25. The maximum atomic E-state index is 13.1. The van der Waals surface area contributed by atoms with Gasteiger partial charge < -0.3 is 24.2 Å². The Morgan fingerprint density at radius 2 is 1.62 bits per heavy atom. The lowest BCUT2D eigenvalue weighted by Crippen LogP contribution is -2.32. The van der Waals surface area contributed by atoms with Crippen LogP contribution in [0.15, 0.2) is 78.4 Å². The Hall–Kier alpha value is -4.10. The number of aliphatic hydroxyl groups is 1. The third-order valence-electron chi connectivity index (χ3n) is 6.20. The van der Waals surface area contributed by atoms with Crippen LogP contribution >= 0.6 is 0 Å². The van der Waals surface area contributed by atoms with Crippen LogP contribution in [0.3, 0.4) is 0 Å². The third-order valence-corrected chi connectivity index (χ3v) is 6.20. The fourth-order valence-corrected chi connectivity index (χ4v) is 4.39. The van der Waals surface area contributed by atoms with E-state index in [1.165, 1.54) is 12.0 Å². The van der Waals surface area contributed by atoms with E-state index in [2.05, 4.69) is 6.07 Å². The van der Waals surface area contributed by atoms with Gasteiger partial charge in [0, 0.05) is 19.2 Å². The van der Waals surface area contributed by atoms with Gasteiger partial charge in [-0.3, -0.25) is 9.59 Å². The van der Waals surface area contributed by atoms with Crippen molar-refractivity contribution >= 4 is 17.4 Å². The van der Waals surface area contributed by atoms with E-state index >= 15 is 0 Å². The van der Waals surface area contributed by atoms with E-state index in [1.54, 1.807) is 48.5 Å². The molecule has 0 spiro atoms. The summed E-state index contributed by atoms with van der Waals surface area (Å²) in [5, 5.41) is 11.2. The Kier molecular flexibility index (Phi) is 8.25. The average Bonchev–Trinajstić information content (AvgIpc) is 3.16. The standard InChI is InChI=1S/C30H31NO6/c1-4-36-24-12-8-22(9-13-24)27-26(29(33)30(34)31(27)16-17-35-3)28(32)23-10-14-25(15-11-23)37-19-21-7-5-6-20(2)18-21/h5-15,18,27,32H,4,16-17,19H2,1-3H3/b28-26-. The normalized spacial score (nSPS) is 16.7. The molecular formula is C30H31NO6. The Morgan fingerprint density at radius 3 is 2.27 bits per heavy atom. The van der Waals surface area contributed by atoms with Gasteiger partial charge in [0.05, 0.1) is 24.8 Å². The van der Waals surface area contributed by atoms with Gasteiger partial charge in [0.2, 0.25) is 0 Å². The van der Waals surface area contributed by atoms with E-state index < -0.39 is 17.7 Å². The molecule has 1 fully saturated rings. The molecule has 1 aliphatic heterocycles. The molecule has 1 saturated heterocycles. The van der Waals surface area contributed by atoms with E-state index in [1.807, 2.05) is 32.0 Å².